The van der Waals surface area contributed by atoms with E-state index in [1.165, 1.54) is 43.6 Å². The van der Waals surface area contributed by atoms with E-state index in [-0.39, 0.29) is 22.0 Å². The van der Waals surface area contributed by atoms with E-state index in [0.717, 1.165) is 0 Å². The van der Waals surface area contributed by atoms with Crippen LogP contribution in [0.15, 0.2) is 41.4 Å². The largest absolute Gasteiger partial charge is 0.506 e. The maximum Gasteiger partial charge on any atom is 0.264 e. The quantitative estimate of drug-likeness (QED) is 0.827. The lowest BCUT2D eigenvalue weighted by Crippen LogP contribution is -2.15. The number of rotatable bonds is 4. The van der Waals surface area contributed by atoms with Gasteiger partial charge in [-0.25, -0.2) is 13.4 Å². The molecule has 0 atom stereocenters. The lowest BCUT2D eigenvalue weighted by molar-refractivity contribution is 0.413. The van der Waals surface area contributed by atoms with Gasteiger partial charge in [-0.2, -0.15) is 5.26 Å². The number of hydrogen-bond acceptors (Lipinski definition) is 6. The molecule has 1 heterocycles. The SMILES string of the molecule is COc1ccc(O)c(NS(=O)(=O)c2cccnc2C#N)c1. The molecule has 7 nitrogen and oxygen atoms in total. The van der Waals surface area contributed by atoms with Gasteiger partial charge in [-0.05, 0) is 24.3 Å². The molecule has 1 aromatic carbocycles. The van der Waals surface area contributed by atoms with Crippen LogP contribution in [0.25, 0.3) is 0 Å². The van der Waals surface area contributed by atoms with Crippen LogP contribution >= 0.6 is 0 Å². The van der Waals surface area contributed by atoms with E-state index >= 15 is 0 Å². The first-order chi connectivity index (χ1) is 9.97. The van der Waals surface area contributed by atoms with E-state index in [1.54, 1.807) is 6.07 Å². The number of ether oxygens (including phenoxy) is 1. The van der Waals surface area contributed by atoms with Crippen molar-refractivity contribution >= 4 is 15.7 Å². The Morgan fingerprint density at radius 3 is 2.81 bits per heavy atom. The number of phenols is 1. The summed E-state index contributed by atoms with van der Waals surface area (Å²) in [4.78, 5) is 3.42. The van der Waals surface area contributed by atoms with Gasteiger partial charge < -0.3 is 9.84 Å². The molecule has 21 heavy (non-hydrogen) atoms. The Balaban J connectivity index is 2.45. The summed E-state index contributed by atoms with van der Waals surface area (Å²) in [7, 11) is -2.64. The van der Waals surface area contributed by atoms with Crippen LogP contribution in [0, 0.1) is 11.3 Å². The third-order valence-corrected chi connectivity index (χ3v) is 4.01. The van der Waals surface area contributed by atoms with Crippen molar-refractivity contribution in [2.45, 2.75) is 4.90 Å². The van der Waals surface area contributed by atoms with Crippen LogP contribution in [0.2, 0.25) is 0 Å². The first-order valence-electron chi connectivity index (χ1n) is 5.73. The monoisotopic (exact) mass is 305 g/mol. The number of nitrogens with zero attached hydrogens (tertiary/aromatic N) is 2. The molecule has 0 saturated heterocycles. The first-order valence-corrected chi connectivity index (χ1v) is 7.21. The van der Waals surface area contributed by atoms with Gasteiger partial charge in [-0.3, -0.25) is 4.72 Å². The molecule has 0 radical (unpaired) electrons. The fourth-order valence-corrected chi connectivity index (χ4v) is 2.79. The van der Waals surface area contributed by atoms with Gasteiger partial charge in [-0.1, -0.05) is 0 Å². The zero-order valence-electron chi connectivity index (χ0n) is 10.9. The molecule has 0 spiro atoms. The third kappa shape index (κ3) is 3.04. The lowest BCUT2D eigenvalue weighted by Gasteiger charge is -2.11. The second-order valence-corrected chi connectivity index (χ2v) is 5.60. The van der Waals surface area contributed by atoms with Crippen molar-refractivity contribution in [3.05, 3.63) is 42.2 Å². The average molecular weight is 305 g/mol. The zero-order valence-corrected chi connectivity index (χ0v) is 11.8. The number of nitrogens with one attached hydrogen (secondary N) is 1. The summed E-state index contributed by atoms with van der Waals surface area (Å²) in [5.41, 5.74) is -0.283. The number of hydrogen-bond donors (Lipinski definition) is 2. The summed E-state index contributed by atoms with van der Waals surface area (Å²) in [5, 5.41) is 18.6. The van der Waals surface area contributed by atoms with Crippen LogP contribution in [0.1, 0.15) is 5.69 Å². The van der Waals surface area contributed by atoms with Crippen molar-refractivity contribution in [3.8, 4) is 17.6 Å². The number of aromatic nitrogens is 1. The molecular formula is C13H11N3O4S. The molecule has 0 saturated carbocycles. The molecule has 0 fully saturated rings. The Kier molecular flexibility index (Phi) is 3.95. The van der Waals surface area contributed by atoms with Gasteiger partial charge in [0.1, 0.15) is 22.5 Å². The van der Waals surface area contributed by atoms with Crippen LogP contribution in [-0.2, 0) is 10.0 Å². The van der Waals surface area contributed by atoms with Crippen molar-refractivity contribution < 1.29 is 18.3 Å². The third-order valence-electron chi connectivity index (χ3n) is 2.61. The van der Waals surface area contributed by atoms with Crippen LogP contribution in [0.5, 0.6) is 11.5 Å². The highest BCUT2D eigenvalue weighted by Crippen LogP contribution is 2.30. The zero-order chi connectivity index (χ0) is 15.5. The van der Waals surface area contributed by atoms with Gasteiger partial charge in [0, 0.05) is 12.3 Å². The smallest absolute Gasteiger partial charge is 0.264 e. The Bertz CT molecular complexity index is 812. The second-order valence-electron chi connectivity index (χ2n) is 3.95. The molecule has 0 amide bonds. The highest BCUT2D eigenvalue weighted by atomic mass is 32.2. The van der Waals surface area contributed by atoms with Gasteiger partial charge >= 0.3 is 0 Å². The van der Waals surface area contributed by atoms with Crippen LogP contribution in [-0.4, -0.2) is 25.6 Å². The molecule has 2 N–H and O–H groups in total. The molecule has 0 aliphatic heterocycles. The van der Waals surface area contributed by atoms with Gasteiger partial charge in [0.25, 0.3) is 10.0 Å². The van der Waals surface area contributed by atoms with Gasteiger partial charge in [-0.15, -0.1) is 0 Å². The minimum Gasteiger partial charge on any atom is -0.506 e. The number of benzene rings is 1. The predicted octanol–water partition coefficient (Wildman–Crippen LogP) is 1.47. The Hall–Kier alpha value is -2.79. The minimum atomic E-state index is -4.05. The standard InChI is InChI=1S/C13H11N3O4S/c1-20-9-4-5-12(17)10(7-9)16-21(18,19)13-3-2-6-15-11(13)8-14/h2-7,16-17H,1H3. The van der Waals surface area contributed by atoms with E-state index in [0.29, 0.717) is 5.75 Å². The minimum absolute atomic E-state index is 0.0536. The van der Waals surface area contributed by atoms with Crippen molar-refractivity contribution in [1.29, 1.82) is 5.26 Å². The van der Waals surface area contributed by atoms with Crippen molar-refractivity contribution in [1.82, 2.24) is 4.98 Å². The summed E-state index contributed by atoms with van der Waals surface area (Å²) in [5.74, 6) is 0.110. The highest BCUT2D eigenvalue weighted by Gasteiger charge is 2.21. The van der Waals surface area contributed by atoms with Crippen molar-refractivity contribution in [2.75, 3.05) is 11.8 Å². The van der Waals surface area contributed by atoms with Gasteiger partial charge in [0.05, 0.1) is 12.8 Å². The molecule has 2 rings (SSSR count). The summed E-state index contributed by atoms with van der Waals surface area (Å²) < 4.78 is 31.7. The van der Waals surface area contributed by atoms with Crippen molar-refractivity contribution in [3.63, 3.8) is 0 Å². The predicted molar refractivity (Wildman–Crippen MR) is 74.4 cm³/mol. The van der Waals surface area contributed by atoms with E-state index < -0.39 is 10.0 Å². The van der Waals surface area contributed by atoms with Crippen LogP contribution < -0.4 is 9.46 Å². The number of phenolic OH excluding ortho intramolecular Hbond substituents is 1. The summed E-state index contributed by atoms with van der Waals surface area (Å²) in [6.07, 6.45) is 1.32. The first kappa shape index (κ1) is 14.6. The fraction of sp³-hybridized carbons (Fsp3) is 0.0769. The Morgan fingerprint density at radius 2 is 2.14 bits per heavy atom. The molecule has 2 aromatic rings. The average Bonchev–Trinajstić information content (AvgIpc) is 2.49. The van der Waals surface area contributed by atoms with Gasteiger partial charge in [0.15, 0.2) is 5.69 Å². The number of sulfonamides is 1. The maximum atomic E-state index is 12.3. The maximum absolute atomic E-state index is 12.3. The van der Waals surface area contributed by atoms with E-state index in [9.17, 15) is 13.5 Å². The number of anilines is 1. The molecule has 108 valence electrons. The van der Waals surface area contributed by atoms with Gasteiger partial charge in [0.2, 0.25) is 0 Å². The lowest BCUT2D eigenvalue weighted by atomic mass is 10.3. The van der Waals surface area contributed by atoms with E-state index in [1.807, 2.05) is 0 Å². The topological polar surface area (TPSA) is 112 Å². The molecule has 0 unspecified atom stereocenters. The van der Waals surface area contributed by atoms with Crippen molar-refractivity contribution in [2.24, 2.45) is 0 Å². The highest BCUT2D eigenvalue weighted by molar-refractivity contribution is 7.92. The summed E-state index contributed by atoms with van der Waals surface area (Å²) in [6.45, 7) is 0. The Morgan fingerprint density at radius 1 is 1.38 bits per heavy atom. The molecule has 0 aliphatic rings. The molecular weight excluding hydrogens is 294 g/mol. The Labute approximate surface area is 121 Å². The molecule has 8 heteroatoms. The van der Waals surface area contributed by atoms with E-state index in [2.05, 4.69) is 9.71 Å². The van der Waals surface area contributed by atoms with Crippen LogP contribution in [0.3, 0.4) is 0 Å². The number of pyridine rings is 1. The van der Waals surface area contributed by atoms with Crippen LogP contribution in [0.4, 0.5) is 5.69 Å². The molecule has 1 aromatic heterocycles. The summed E-state index contributed by atoms with van der Waals surface area (Å²) >= 11 is 0. The second kappa shape index (κ2) is 5.68. The fourth-order valence-electron chi connectivity index (χ4n) is 1.61. The summed E-state index contributed by atoms with van der Waals surface area (Å²) in [6, 6.07) is 8.48. The number of nitriles is 1. The normalized spacial score (nSPS) is 10.7. The number of aromatic hydroxyl groups is 1. The number of methoxy groups -OCH3 is 1. The van der Waals surface area contributed by atoms with E-state index in [4.69, 9.17) is 10.00 Å². The molecule has 0 bridgehead atoms. The molecule has 0 aliphatic carbocycles.